The van der Waals surface area contributed by atoms with Crippen molar-refractivity contribution < 1.29 is 18.0 Å². The lowest BCUT2D eigenvalue weighted by Gasteiger charge is -2.34. The molecule has 1 atom stereocenters. The average molecular weight is 667 g/mol. The van der Waals surface area contributed by atoms with Crippen LogP contribution in [0.25, 0.3) is 0 Å². The zero-order chi connectivity index (χ0) is 32.4. The van der Waals surface area contributed by atoms with E-state index in [-0.39, 0.29) is 23.8 Å². The highest BCUT2D eigenvalue weighted by Crippen LogP contribution is 2.27. The summed E-state index contributed by atoms with van der Waals surface area (Å²) in [7, 11) is -4.17. The summed E-state index contributed by atoms with van der Waals surface area (Å²) >= 11 is 12.7. The van der Waals surface area contributed by atoms with Crippen molar-refractivity contribution in [3.05, 3.63) is 130 Å². The van der Waals surface area contributed by atoms with E-state index >= 15 is 0 Å². The van der Waals surface area contributed by atoms with Gasteiger partial charge < -0.3 is 10.2 Å². The summed E-state index contributed by atoms with van der Waals surface area (Å²) in [6, 6.07) is 28.4. The Hall–Kier alpha value is -3.85. The number of rotatable bonds is 14. The summed E-state index contributed by atoms with van der Waals surface area (Å²) in [5.74, 6) is -0.906. The largest absolute Gasteiger partial charge is 0.354 e. The summed E-state index contributed by atoms with van der Waals surface area (Å²) in [6.07, 6.45) is 1.69. The van der Waals surface area contributed by atoms with E-state index < -0.39 is 28.5 Å². The number of sulfonamides is 1. The fourth-order valence-electron chi connectivity index (χ4n) is 4.90. The predicted molar refractivity (Wildman–Crippen MR) is 181 cm³/mol. The normalized spacial score (nSPS) is 11.9. The van der Waals surface area contributed by atoms with E-state index in [2.05, 4.69) is 5.32 Å². The molecule has 0 bridgehead atoms. The molecule has 0 aliphatic carbocycles. The van der Waals surface area contributed by atoms with E-state index in [1.807, 2.05) is 56.3 Å². The fraction of sp³-hybridized carbons (Fsp3) is 0.257. The number of nitrogens with zero attached hydrogens (tertiary/aromatic N) is 2. The molecule has 0 radical (unpaired) electrons. The second-order valence-corrected chi connectivity index (χ2v) is 13.3. The lowest BCUT2D eigenvalue weighted by atomic mass is 10.0. The Bertz CT molecular complexity index is 1690. The number of benzene rings is 4. The van der Waals surface area contributed by atoms with Crippen molar-refractivity contribution >= 4 is 50.7 Å². The quantitative estimate of drug-likeness (QED) is 0.158. The van der Waals surface area contributed by atoms with Gasteiger partial charge in [-0.1, -0.05) is 104 Å². The van der Waals surface area contributed by atoms with Crippen molar-refractivity contribution in [1.29, 1.82) is 0 Å². The van der Waals surface area contributed by atoms with Crippen molar-refractivity contribution in [3.8, 4) is 0 Å². The van der Waals surface area contributed by atoms with Crippen molar-refractivity contribution in [2.75, 3.05) is 17.4 Å². The van der Waals surface area contributed by atoms with Gasteiger partial charge in [-0.25, -0.2) is 8.42 Å². The van der Waals surface area contributed by atoms with Gasteiger partial charge in [0.15, 0.2) is 0 Å². The molecule has 4 rings (SSSR count). The van der Waals surface area contributed by atoms with Crippen LogP contribution in [0.3, 0.4) is 0 Å². The maximum atomic E-state index is 14.5. The SMILES string of the molecule is CCCNC(=O)[C@H](Cc1ccccc1)N(Cc1ccc(Cl)cc1Cl)C(=O)CN(c1ccc(CC)cc1)S(=O)(=O)c1ccccc1. The summed E-state index contributed by atoms with van der Waals surface area (Å²) < 4.78 is 29.2. The second kappa shape index (κ2) is 15.9. The lowest BCUT2D eigenvalue weighted by molar-refractivity contribution is -0.140. The molecule has 0 aromatic heterocycles. The molecular formula is C35H37Cl2N3O4S. The molecule has 45 heavy (non-hydrogen) atoms. The Labute approximate surface area is 275 Å². The van der Waals surface area contributed by atoms with Crippen molar-refractivity contribution in [3.63, 3.8) is 0 Å². The number of anilines is 1. The van der Waals surface area contributed by atoms with Crippen LogP contribution in [0.2, 0.25) is 10.0 Å². The molecule has 0 spiro atoms. The molecule has 0 heterocycles. The maximum absolute atomic E-state index is 14.5. The van der Waals surface area contributed by atoms with Gasteiger partial charge >= 0.3 is 0 Å². The van der Waals surface area contributed by atoms with Crippen LogP contribution in [-0.4, -0.2) is 44.3 Å². The van der Waals surface area contributed by atoms with Gasteiger partial charge in [0, 0.05) is 29.6 Å². The first-order chi connectivity index (χ1) is 21.6. The average Bonchev–Trinajstić information content (AvgIpc) is 3.05. The Morgan fingerprint density at radius 2 is 1.47 bits per heavy atom. The van der Waals surface area contributed by atoms with E-state index in [9.17, 15) is 18.0 Å². The summed E-state index contributed by atoms with van der Waals surface area (Å²) in [5.41, 5.74) is 2.78. The number of carbonyl (C=O) groups excluding carboxylic acids is 2. The van der Waals surface area contributed by atoms with Crippen LogP contribution in [0.4, 0.5) is 5.69 Å². The van der Waals surface area contributed by atoms with E-state index in [1.54, 1.807) is 48.5 Å². The zero-order valence-electron chi connectivity index (χ0n) is 25.3. The van der Waals surface area contributed by atoms with Crippen LogP contribution in [0.5, 0.6) is 0 Å². The van der Waals surface area contributed by atoms with Crippen LogP contribution >= 0.6 is 23.2 Å². The topological polar surface area (TPSA) is 86.8 Å². The van der Waals surface area contributed by atoms with E-state index in [0.717, 1.165) is 21.9 Å². The van der Waals surface area contributed by atoms with Crippen LogP contribution in [-0.2, 0) is 39.0 Å². The molecular weight excluding hydrogens is 629 g/mol. The van der Waals surface area contributed by atoms with Gasteiger partial charge in [0.05, 0.1) is 10.6 Å². The Morgan fingerprint density at radius 3 is 2.07 bits per heavy atom. The van der Waals surface area contributed by atoms with Gasteiger partial charge in [0.25, 0.3) is 10.0 Å². The number of halogens is 2. The van der Waals surface area contributed by atoms with Crippen molar-refractivity contribution in [2.24, 2.45) is 0 Å². The summed E-state index contributed by atoms with van der Waals surface area (Å²) in [6.45, 7) is 3.79. The zero-order valence-corrected chi connectivity index (χ0v) is 27.7. The van der Waals surface area contributed by atoms with Gasteiger partial charge in [-0.05, 0) is 65.9 Å². The number of hydrogen-bond acceptors (Lipinski definition) is 4. The number of amides is 2. The first kappa shape index (κ1) is 34.0. The Kier molecular flexibility index (Phi) is 12.0. The van der Waals surface area contributed by atoms with Crippen LogP contribution < -0.4 is 9.62 Å². The molecule has 4 aromatic carbocycles. The monoisotopic (exact) mass is 665 g/mol. The minimum atomic E-state index is -4.17. The molecule has 10 heteroatoms. The minimum absolute atomic E-state index is 0.0418. The fourth-order valence-corrected chi connectivity index (χ4v) is 6.80. The highest BCUT2D eigenvalue weighted by Gasteiger charge is 2.34. The Balaban J connectivity index is 1.81. The molecule has 7 nitrogen and oxygen atoms in total. The maximum Gasteiger partial charge on any atom is 0.264 e. The first-order valence-corrected chi connectivity index (χ1v) is 17.0. The molecule has 4 aromatic rings. The lowest BCUT2D eigenvalue weighted by Crippen LogP contribution is -2.53. The van der Waals surface area contributed by atoms with Crippen LogP contribution in [0.1, 0.15) is 37.0 Å². The highest BCUT2D eigenvalue weighted by atomic mass is 35.5. The molecule has 0 unspecified atom stereocenters. The third-order valence-corrected chi connectivity index (χ3v) is 9.79. The van der Waals surface area contributed by atoms with E-state index in [1.165, 1.54) is 17.0 Å². The molecule has 0 aliphatic rings. The van der Waals surface area contributed by atoms with Gasteiger partial charge in [-0.2, -0.15) is 0 Å². The van der Waals surface area contributed by atoms with Crippen LogP contribution in [0.15, 0.2) is 108 Å². The molecule has 0 saturated heterocycles. The van der Waals surface area contributed by atoms with Crippen molar-refractivity contribution in [1.82, 2.24) is 10.2 Å². The third kappa shape index (κ3) is 8.87. The molecule has 236 valence electrons. The smallest absolute Gasteiger partial charge is 0.264 e. The van der Waals surface area contributed by atoms with E-state index in [4.69, 9.17) is 23.2 Å². The van der Waals surface area contributed by atoms with E-state index in [0.29, 0.717) is 34.3 Å². The summed E-state index contributed by atoms with van der Waals surface area (Å²) in [4.78, 5) is 29.7. The van der Waals surface area contributed by atoms with Crippen LogP contribution in [0, 0.1) is 0 Å². The molecule has 1 N–H and O–H groups in total. The predicted octanol–water partition coefficient (Wildman–Crippen LogP) is 6.92. The standard InChI is InChI=1S/C35H37Cl2N3O4S/c1-3-21-38-35(42)33(22-27-11-7-5-8-12-27)39(24-28-17-18-29(36)23-32(28)37)34(41)25-40(30-19-15-26(4-2)16-20-30)45(43,44)31-13-9-6-10-14-31/h5-20,23,33H,3-4,21-22,24-25H2,1-2H3,(H,38,42)/t33-/m0/s1. The minimum Gasteiger partial charge on any atom is -0.354 e. The molecule has 0 fully saturated rings. The molecule has 0 saturated carbocycles. The Morgan fingerprint density at radius 1 is 0.822 bits per heavy atom. The highest BCUT2D eigenvalue weighted by molar-refractivity contribution is 7.92. The van der Waals surface area contributed by atoms with Gasteiger partial charge in [-0.15, -0.1) is 0 Å². The number of aryl methyl sites for hydroxylation is 1. The number of nitrogens with one attached hydrogen (secondary N) is 1. The molecule has 2 amide bonds. The number of hydrogen-bond donors (Lipinski definition) is 1. The van der Waals surface area contributed by atoms with Gasteiger partial charge in [-0.3, -0.25) is 13.9 Å². The van der Waals surface area contributed by atoms with Gasteiger partial charge in [0.2, 0.25) is 11.8 Å². The number of carbonyl (C=O) groups is 2. The van der Waals surface area contributed by atoms with Gasteiger partial charge in [0.1, 0.15) is 12.6 Å². The van der Waals surface area contributed by atoms with Crippen molar-refractivity contribution in [2.45, 2.75) is 50.6 Å². The first-order valence-electron chi connectivity index (χ1n) is 14.9. The summed E-state index contributed by atoms with van der Waals surface area (Å²) in [5, 5.41) is 3.69. The second-order valence-electron chi connectivity index (χ2n) is 10.6. The molecule has 0 aliphatic heterocycles. The third-order valence-electron chi connectivity index (χ3n) is 7.42.